The van der Waals surface area contributed by atoms with Crippen molar-refractivity contribution in [3.63, 3.8) is 0 Å². The van der Waals surface area contributed by atoms with Crippen LogP contribution in [-0.2, 0) is 0 Å². The van der Waals surface area contributed by atoms with Gasteiger partial charge in [-0.05, 0) is 12.0 Å². The van der Waals surface area contributed by atoms with Crippen LogP contribution in [0.5, 0.6) is 0 Å². The van der Waals surface area contributed by atoms with Crippen LogP contribution in [0.3, 0.4) is 0 Å². The second kappa shape index (κ2) is 4.98. The van der Waals surface area contributed by atoms with E-state index in [0.717, 1.165) is 4.58 Å². The Morgan fingerprint density at radius 3 is 2.62 bits per heavy atom. The third-order valence-electron chi connectivity index (χ3n) is 1.74. The first-order valence-electron chi connectivity index (χ1n) is 4.30. The summed E-state index contributed by atoms with van der Waals surface area (Å²) >= 11 is 3.98. The Bertz CT molecular complexity index is 208. The maximum absolute atomic E-state index is 5.54. The molecular formula is C9H16N2S2. The monoisotopic (exact) mass is 216 g/mol. The summed E-state index contributed by atoms with van der Waals surface area (Å²) in [5.74, 6) is 5.54. The van der Waals surface area contributed by atoms with Gasteiger partial charge in [0.05, 0.1) is 9.16 Å². The predicted molar refractivity (Wildman–Crippen MR) is 63.3 cm³/mol. The third kappa shape index (κ3) is 2.97. The van der Waals surface area contributed by atoms with Crippen molar-refractivity contribution in [2.45, 2.75) is 22.5 Å². The first kappa shape index (κ1) is 11.0. The van der Waals surface area contributed by atoms with E-state index in [2.05, 4.69) is 13.5 Å². The van der Waals surface area contributed by atoms with Crippen LogP contribution in [0, 0.1) is 0 Å². The van der Waals surface area contributed by atoms with E-state index >= 15 is 0 Å². The van der Waals surface area contributed by atoms with Crippen LogP contribution in [-0.4, -0.2) is 21.2 Å². The number of hydrogen-bond acceptors (Lipinski definition) is 4. The Morgan fingerprint density at radius 2 is 2.23 bits per heavy atom. The molecule has 0 aliphatic carbocycles. The lowest BCUT2D eigenvalue weighted by atomic mass is 10.3. The maximum Gasteiger partial charge on any atom is 0.0787 e. The topological polar surface area (TPSA) is 29.3 Å². The number of rotatable bonds is 4. The molecule has 1 aliphatic heterocycles. The maximum atomic E-state index is 5.54. The smallest absolute Gasteiger partial charge is 0.0787 e. The molecule has 4 heteroatoms. The van der Waals surface area contributed by atoms with Crippen LogP contribution in [0.2, 0.25) is 0 Å². The summed E-state index contributed by atoms with van der Waals surface area (Å²) in [6.45, 7) is 6.01. The Morgan fingerprint density at radius 1 is 1.62 bits per heavy atom. The van der Waals surface area contributed by atoms with E-state index in [1.807, 2.05) is 42.8 Å². The minimum atomic E-state index is 0.536. The van der Waals surface area contributed by atoms with Gasteiger partial charge in [-0.1, -0.05) is 19.6 Å². The Labute approximate surface area is 88.6 Å². The van der Waals surface area contributed by atoms with Gasteiger partial charge in [-0.25, -0.2) is 5.84 Å². The van der Waals surface area contributed by atoms with Gasteiger partial charge in [0.1, 0.15) is 0 Å². The summed E-state index contributed by atoms with van der Waals surface area (Å²) in [7, 11) is 1.83. The fraction of sp³-hybridized carbons (Fsp3) is 0.556. The van der Waals surface area contributed by atoms with Gasteiger partial charge < -0.3 is 5.01 Å². The van der Waals surface area contributed by atoms with E-state index in [1.54, 1.807) is 5.01 Å². The summed E-state index contributed by atoms with van der Waals surface area (Å²) in [5, 5.41) is 1.58. The quantitative estimate of drug-likeness (QED) is 0.444. The van der Waals surface area contributed by atoms with Crippen molar-refractivity contribution in [2.75, 3.05) is 7.05 Å². The lowest BCUT2D eigenvalue weighted by Crippen LogP contribution is -2.24. The molecule has 0 aromatic heterocycles. The van der Waals surface area contributed by atoms with Crippen LogP contribution in [0.1, 0.15) is 13.3 Å². The van der Waals surface area contributed by atoms with E-state index in [0.29, 0.717) is 4.58 Å². The van der Waals surface area contributed by atoms with Gasteiger partial charge in [-0.3, -0.25) is 0 Å². The molecule has 0 aromatic carbocycles. The van der Waals surface area contributed by atoms with Crippen LogP contribution >= 0.6 is 23.5 Å². The molecule has 0 unspecified atom stereocenters. The van der Waals surface area contributed by atoms with Gasteiger partial charge in [0.15, 0.2) is 0 Å². The zero-order valence-corrected chi connectivity index (χ0v) is 9.70. The summed E-state index contributed by atoms with van der Waals surface area (Å²) < 4.78 is 1.30. The molecule has 0 atom stereocenters. The van der Waals surface area contributed by atoms with Crippen molar-refractivity contribution >= 4 is 23.5 Å². The molecule has 0 amide bonds. The molecule has 0 spiro atoms. The summed E-state index contributed by atoms with van der Waals surface area (Å²) in [5.41, 5.74) is 1.21. The number of hydrazine groups is 1. The van der Waals surface area contributed by atoms with Crippen LogP contribution in [0.25, 0.3) is 0 Å². The molecule has 1 rings (SSSR count). The molecule has 0 aromatic rings. The lowest BCUT2D eigenvalue weighted by molar-refractivity contribution is 0.481. The fourth-order valence-electron chi connectivity index (χ4n) is 1.08. The molecule has 2 nitrogen and oxygen atoms in total. The van der Waals surface area contributed by atoms with E-state index in [-0.39, 0.29) is 0 Å². The first-order valence-corrected chi connectivity index (χ1v) is 6.18. The molecule has 2 N–H and O–H groups in total. The highest BCUT2D eigenvalue weighted by Gasteiger charge is 2.30. The molecule has 1 saturated heterocycles. The Balaban J connectivity index is 2.46. The number of nitrogens with two attached hydrogens (primary N) is 1. The van der Waals surface area contributed by atoms with Crippen molar-refractivity contribution in [1.29, 1.82) is 0 Å². The molecule has 1 heterocycles. The second-order valence-corrected chi connectivity index (χ2v) is 6.16. The average molecular weight is 216 g/mol. The van der Waals surface area contributed by atoms with E-state index in [9.17, 15) is 0 Å². The van der Waals surface area contributed by atoms with Crippen molar-refractivity contribution in [3.8, 4) is 0 Å². The summed E-state index contributed by atoms with van der Waals surface area (Å²) in [6.07, 6.45) is 5.05. The van der Waals surface area contributed by atoms with Crippen molar-refractivity contribution in [3.05, 3.63) is 24.4 Å². The highest BCUT2D eigenvalue weighted by molar-refractivity contribution is 8.33. The van der Waals surface area contributed by atoms with E-state index < -0.39 is 0 Å². The largest absolute Gasteiger partial charge is 0.321 e. The third-order valence-corrected chi connectivity index (χ3v) is 5.39. The second-order valence-electron chi connectivity index (χ2n) is 2.94. The molecule has 74 valence electrons. The van der Waals surface area contributed by atoms with Gasteiger partial charge in [0, 0.05) is 13.2 Å². The standard InChI is InChI=1S/C9H16N2S2/c1-4-7(6-11(3)10)9-12-8(5-2)13-9/h4,6,8-9H,1,5,10H2,2-3H3/b7-6+. The summed E-state index contributed by atoms with van der Waals surface area (Å²) in [6, 6.07) is 0. The van der Waals surface area contributed by atoms with Crippen molar-refractivity contribution in [1.82, 2.24) is 5.01 Å². The molecular weight excluding hydrogens is 200 g/mol. The minimum Gasteiger partial charge on any atom is -0.321 e. The highest BCUT2D eigenvalue weighted by Crippen LogP contribution is 2.51. The predicted octanol–water partition coefficient (Wildman–Crippen LogP) is 2.40. The Kier molecular flexibility index (Phi) is 4.22. The van der Waals surface area contributed by atoms with Gasteiger partial charge in [0.25, 0.3) is 0 Å². The van der Waals surface area contributed by atoms with E-state index in [1.165, 1.54) is 12.0 Å². The molecule has 0 bridgehead atoms. The summed E-state index contributed by atoms with van der Waals surface area (Å²) in [4.78, 5) is 0. The van der Waals surface area contributed by atoms with Gasteiger partial charge in [-0.2, -0.15) is 0 Å². The first-order chi connectivity index (χ1) is 6.17. The molecule has 1 fully saturated rings. The fourth-order valence-corrected chi connectivity index (χ4v) is 3.80. The number of hydrogen-bond donors (Lipinski definition) is 1. The van der Waals surface area contributed by atoms with Crippen LogP contribution in [0.15, 0.2) is 24.4 Å². The Hall–Kier alpha value is -0.0600. The molecule has 13 heavy (non-hydrogen) atoms. The van der Waals surface area contributed by atoms with Crippen molar-refractivity contribution < 1.29 is 0 Å². The number of thioether (sulfide) groups is 2. The number of nitrogens with zero attached hydrogens (tertiary/aromatic N) is 1. The zero-order valence-electron chi connectivity index (χ0n) is 8.06. The van der Waals surface area contributed by atoms with Gasteiger partial charge in [-0.15, -0.1) is 23.5 Å². The van der Waals surface area contributed by atoms with Crippen LogP contribution in [0.4, 0.5) is 0 Å². The molecule has 0 saturated carbocycles. The van der Waals surface area contributed by atoms with Gasteiger partial charge in [0.2, 0.25) is 0 Å². The lowest BCUT2D eigenvalue weighted by Gasteiger charge is -2.34. The normalized spacial score (nSPS) is 28.1. The minimum absolute atomic E-state index is 0.536. The average Bonchev–Trinajstić information content (AvgIpc) is 2.00. The molecule has 0 radical (unpaired) electrons. The number of allylic oxidation sites excluding steroid dienone is 1. The molecule has 1 aliphatic rings. The van der Waals surface area contributed by atoms with Crippen molar-refractivity contribution in [2.24, 2.45) is 5.84 Å². The zero-order chi connectivity index (χ0) is 9.84. The highest BCUT2D eigenvalue weighted by atomic mass is 32.3. The SMILES string of the molecule is C=C/C(=C\N(C)N)C1SC(CC)S1. The van der Waals surface area contributed by atoms with Gasteiger partial charge >= 0.3 is 0 Å². The van der Waals surface area contributed by atoms with E-state index in [4.69, 9.17) is 5.84 Å². The van der Waals surface area contributed by atoms with Crippen LogP contribution < -0.4 is 5.84 Å².